The van der Waals surface area contributed by atoms with Crippen molar-refractivity contribution < 1.29 is 90.5 Å². The Hall–Kier alpha value is -4.36. The summed E-state index contributed by atoms with van der Waals surface area (Å²) in [6.45, 7) is 10.8. The Morgan fingerprint density at radius 1 is 0.345 bits per heavy atom. The molecule has 0 amide bonds. The van der Waals surface area contributed by atoms with Gasteiger partial charge in [0.05, 0.1) is 0 Å². The predicted molar refractivity (Wildman–Crippen MR) is 182 cm³/mol. The Morgan fingerprint density at radius 2 is 0.636 bits per heavy atom. The highest BCUT2D eigenvalue weighted by molar-refractivity contribution is 5.73. The van der Waals surface area contributed by atoms with Gasteiger partial charge in [0.1, 0.15) is 31.5 Å². The van der Waals surface area contributed by atoms with Crippen molar-refractivity contribution in [2.24, 2.45) is 0 Å². The Morgan fingerprint density at radius 3 is 1.04 bits per heavy atom. The van der Waals surface area contributed by atoms with Crippen LogP contribution in [0.3, 0.4) is 0 Å². The Labute approximate surface area is 319 Å². The molecule has 5 unspecified atom stereocenters. The maximum absolute atomic E-state index is 13.0. The van der Waals surface area contributed by atoms with Crippen molar-refractivity contribution in [3.63, 3.8) is 0 Å². The van der Waals surface area contributed by atoms with Crippen LogP contribution >= 0.6 is 0 Å². The van der Waals surface area contributed by atoms with E-state index in [9.17, 15) is 38.4 Å². The summed E-state index contributed by atoms with van der Waals surface area (Å²) in [5.74, 6) is -6.18. The number of rotatable bonds is 20. The standard InChI is InChI=1S/C36H54O19/c1-9-21(37)45-17-19-29(49-23(39)11-3)31(50-24(40)12-4)34(53-27(43)15-7)36(48-19)55-30-20(18-46-22(38)10-2)47-35(54-28(44)16-8)33(52-26(42)14-6)32(30)51-25(41)13-5/h19-20,29-36H,9-18H2,1-8H3/t19?,20?,29-,30+,31-,32-,33?,34?,35?,36-/m0/s1. The van der Waals surface area contributed by atoms with Gasteiger partial charge in [0.25, 0.3) is 0 Å². The molecule has 0 aromatic heterocycles. The van der Waals surface area contributed by atoms with E-state index in [4.69, 9.17) is 52.1 Å². The summed E-state index contributed by atoms with van der Waals surface area (Å²) in [5, 5.41) is 0. The zero-order valence-electron chi connectivity index (χ0n) is 32.6. The summed E-state index contributed by atoms with van der Waals surface area (Å²) in [6, 6.07) is 0. The second kappa shape index (κ2) is 23.5. The molecular weight excluding hydrogens is 736 g/mol. The van der Waals surface area contributed by atoms with Crippen LogP contribution in [-0.2, 0) is 90.5 Å². The molecule has 2 saturated heterocycles. The van der Waals surface area contributed by atoms with Gasteiger partial charge in [0.2, 0.25) is 12.4 Å². The third-order valence-corrected chi connectivity index (χ3v) is 8.19. The lowest BCUT2D eigenvalue weighted by atomic mass is 9.95. The number of hydrogen-bond donors (Lipinski definition) is 0. The molecule has 0 spiro atoms. The molecule has 2 aliphatic rings. The summed E-state index contributed by atoms with van der Waals surface area (Å²) in [4.78, 5) is 101. The highest BCUT2D eigenvalue weighted by atomic mass is 16.8. The fourth-order valence-electron chi connectivity index (χ4n) is 5.15. The molecule has 0 bridgehead atoms. The van der Waals surface area contributed by atoms with Crippen molar-refractivity contribution in [2.75, 3.05) is 13.2 Å². The molecule has 19 heteroatoms. The summed E-state index contributed by atoms with van der Waals surface area (Å²) in [5.41, 5.74) is 0. The number of hydrogen-bond acceptors (Lipinski definition) is 19. The zero-order valence-corrected chi connectivity index (χ0v) is 32.6. The molecule has 312 valence electrons. The topological polar surface area (TPSA) is 238 Å². The highest BCUT2D eigenvalue weighted by Crippen LogP contribution is 2.36. The molecule has 0 aliphatic carbocycles. The summed E-state index contributed by atoms with van der Waals surface area (Å²) >= 11 is 0. The molecule has 2 heterocycles. The third kappa shape index (κ3) is 14.0. The Bertz CT molecular complexity index is 1330. The molecule has 0 radical (unpaired) electrons. The van der Waals surface area contributed by atoms with E-state index in [2.05, 4.69) is 0 Å². The normalized spacial score (nSPS) is 27.4. The van der Waals surface area contributed by atoms with E-state index < -0.39 is 122 Å². The fourth-order valence-corrected chi connectivity index (χ4v) is 5.15. The van der Waals surface area contributed by atoms with E-state index in [1.165, 1.54) is 55.4 Å². The minimum absolute atomic E-state index is 0.0409. The molecule has 2 aliphatic heterocycles. The van der Waals surface area contributed by atoms with Crippen molar-refractivity contribution in [2.45, 2.75) is 168 Å². The van der Waals surface area contributed by atoms with Gasteiger partial charge in [0.15, 0.2) is 30.7 Å². The van der Waals surface area contributed by atoms with E-state index in [1.54, 1.807) is 0 Å². The summed E-state index contributed by atoms with van der Waals surface area (Å²) in [6.07, 6.45) is -17.3. The second-order valence-electron chi connectivity index (χ2n) is 12.1. The number of ether oxygens (including phenoxy) is 11. The van der Waals surface area contributed by atoms with E-state index in [-0.39, 0.29) is 51.4 Å². The van der Waals surface area contributed by atoms with E-state index in [0.717, 1.165) is 0 Å². The fraction of sp³-hybridized carbons (Fsp3) is 0.778. The summed E-state index contributed by atoms with van der Waals surface area (Å²) < 4.78 is 63.4. The van der Waals surface area contributed by atoms with Crippen LogP contribution in [0.15, 0.2) is 0 Å². The van der Waals surface area contributed by atoms with Crippen LogP contribution in [0.5, 0.6) is 0 Å². The number of esters is 8. The first kappa shape index (κ1) is 46.8. The van der Waals surface area contributed by atoms with Crippen molar-refractivity contribution in [3.05, 3.63) is 0 Å². The van der Waals surface area contributed by atoms with Gasteiger partial charge in [-0.3, -0.25) is 38.4 Å². The largest absolute Gasteiger partial charge is 0.463 e. The molecule has 0 aromatic rings. The van der Waals surface area contributed by atoms with Crippen molar-refractivity contribution in [3.8, 4) is 0 Å². The van der Waals surface area contributed by atoms with Crippen LogP contribution in [0.4, 0.5) is 0 Å². The second-order valence-corrected chi connectivity index (χ2v) is 12.1. The van der Waals surface area contributed by atoms with Crippen LogP contribution in [0.25, 0.3) is 0 Å². The van der Waals surface area contributed by atoms with Gasteiger partial charge in [-0.1, -0.05) is 55.4 Å². The summed E-state index contributed by atoms with van der Waals surface area (Å²) in [7, 11) is 0. The van der Waals surface area contributed by atoms with Gasteiger partial charge in [-0.15, -0.1) is 0 Å². The first-order valence-electron chi connectivity index (χ1n) is 18.6. The smallest absolute Gasteiger partial charge is 0.307 e. The van der Waals surface area contributed by atoms with E-state index in [0.29, 0.717) is 0 Å². The predicted octanol–water partition coefficient (Wildman–Crippen LogP) is 2.29. The van der Waals surface area contributed by atoms with Gasteiger partial charge in [-0.2, -0.15) is 0 Å². The zero-order chi connectivity index (χ0) is 41.2. The average molecular weight is 791 g/mol. The van der Waals surface area contributed by atoms with Crippen molar-refractivity contribution in [1.82, 2.24) is 0 Å². The monoisotopic (exact) mass is 790 g/mol. The van der Waals surface area contributed by atoms with Gasteiger partial charge in [-0.25, -0.2) is 0 Å². The lowest BCUT2D eigenvalue weighted by Gasteiger charge is -2.48. The lowest BCUT2D eigenvalue weighted by molar-refractivity contribution is -0.358. The minimum atomic E-state index is -1.83. The maximum Gasteiger partial charge on any atom is 0.307 e. The lowest BCUT2D eigenvalue weighted by Crippen LogP contribution is -2.67. The van der Waals surface area contributed by atoms with E-state index >= 15 is 0 Å². The SMILES string of the molecule is CCC(=O)OCC1OC(OC(=O)CC)C(OC(=O)CC)[C@@H](OC(=O)CC)[C@@H]1O[C@@H]1OC(COC(=O)CC)[C@H](OC(=O)CC)[C@H](OC(=O)CC)C1OC(=O)CC. The van der Waals surface area contributed by atoms with Crippen LogP contribution in [-0.4, -0.2) is 122 Å². The first-order valence-corrected chi connectivity index (χ1v) is 18.6. The molecule has 2 rings (SSSR count). The van der Waals surface area contributed by atoms with Crippen LogP contribution in [0.2, 0.25) is 0 Å². The van der Waals surface area contributed by atoms with Crippen LogP contribution in [0, 0.1) is 0 Å². The molecule has 55 heavy (non-hydrogen) atoms. The Kier molecular flexibility index (Phi) is 20.0. The highest BCUT2D eigenvalue weighted by Gasteiger charge is 2.58. The minimum Gasteiger partial charge on any atom is -0.463 e. The molecule has 10 atom stereocenters. The molecule has 0 aromatic carbocycles. The van der Waals surface area contributed by atoms with Gasteiger partial charge in [-0.05, 0) is 0 Å². The van der Waals surface area contributed by atoms with Gasteiger partial charge >= 0.3 is 47.8 Å². The van der Waals surface area contributed by atoms with E-state index in [1.807, 2.05) is 0 Å². The third-order valence-electron chi connectivity index (χ3n) is 8.19. The molecule has 0 saturated carbocycles. The quantitative estimate of drug-likeness (QED) is 0.127. The molecule has 0 N–H and O–H groups in total. The molecular formula is C36H54O19. The Balaban J connectivity index is 2.87. The van der Waals surface area contributed by atoms with Crippen molar-refractivity contribution >= 4 is 47.8 Å². The number of carbonyl (C=O) groups excluding carboxylic acids is 8. The molecule has 2 fully saturated rings. The van der Waals surface area contributed by atoms with Crippen LogP contribution in [0.1, 0.15) is 107 Å². The number of carbonyl (C=O) groups is 8. The van der Waals surface area contributed by atoms with Gasteiger partial charge < -0.3 is 52.1 Å². The van der Waals surface area contributed by atoms with Crippen molar-refractivity contribution in [1.29, 1.82) is 0 Å². The van der Waals surface area contributed by atoms with Gasteiger partial charge in [0, 0.05) is 51.4 Å². The maximum atomic E-state index is 13.0. The molecule has 19 nitrogen and oxygen atoms in total. The first-order chi connectivity index (χ1) is 26.2. The average Bonchev–Trinajstić information content (AvgIpc) is 3.19. The van der Waals surface area contributed by atoms with Crippen LogP contribution < -0.4 is 0 Å².